The van der Waals surface area contributed by atoms with E-state index in [-0.39, 0.29) is 11.8 Å². The molecule has 0 unspecified atom stereocenters. The van der Waals surface area contributed by atoms with Crippen LogP contribution in [0.1, 0.15) is 20.8 Å². The number of nitrogens with zero attached hydrogens (tertiary/aromatic N) is 5. The van der Waals surface area contributed by atoms with Gasteiger partial charge in [0.25, 0.3) is 11.8 Å². The molecule has 0 atom stereocenters. The molecule has 9 heteroatoms. The fourth-order valence-corrected chi connectivity index (χ4v) is 3.69. The minimum absolute atomic E-state index is 0.181. The summed E-state index contributed by atoms with van der Waals surface area (Å²) in [6.07, 6.45) is 8.19. The third-order valence-corrected chi connectivity index (χ3v) is 5.32. The Balaban J connectivity index is 1.49. The lowest BCUT2D eigenvalue weighted by Crippen LogP contribution is -2.50. The molecular formula is C21H20ClN5O3. The van der Waals surface area contributed by atoms with Gasteiger partial charge in [0.2, 0.25) is 0 Å². The molecule has 4 rings (SSSR count). The van der Waals surface area contributed by atoms with Crippen LogP contribution in [0.3, 0.4) is 0 Å². The third kappa shape index (κ3) is 3.86. The number of ether oxygens (including phenoxy) is 1. The molecule has 1 fully saturated rings. The van der Waals surface area contributed by atoms with E-state index in [1.165, 1.54) is 25.7 Å². The van der Waals surface area contributed by atoms with E-state index in [0.29, 0.717) is 48.2 Å². The number of halogens is 1. The minimum atomic E-state index is -0.188. The molecular weight excluding hydrogens is 406 g/mol. The van der Waals surface area contributed by atoms with Crippen LogP contribution in [0, 0.1) is 0 Å². The summed E-state index contributed by atoms with van der Waals surface area (Å²) in [7, 11) is 1.52. The van der Waals surface area contributed by atoms with Crippen molar-refractivity contribution in [1.82, 2.24) is 24.3 Å². The monoisotopic (exact) mass is 425 g/mol. The highest BCUT2D eigenvalue weighted by molar-refractivity contribution is 6.33. The standard InChI is InChI=1S/C21H20ClN5O3/c1-30-19-13-18(25-6-2-3-7-25)16(22)12-15(19)20(28)26-8-10-27(11-9-26)21(29)17-14-23-4-5-24-17/h2-7,12-14H,8-11H2,1H3. The highest BCUT2D eigenvalue weighted by Crippen LogP contribution is 2.31. The summed E-state index contributed by atoms with van der Waals surface area (Å²) in [5.41, 5.74) is 1.42. The predicted molar refractivity (Wildman–Crippen MR) is 111 cm³/mol. The van der Waals surface area contributed by atoms with Crippen molar-refractivity contribution in [1.29, 1.82) is 0 Å². The Hall–Kier alpha value is -3.39. The van der Waals surface area contributed by atoms with E-state index >= 15 is 0 Å². The molecule has 0 spiro atoms. The van der Waals surface area contributed by atoms with Crippen molar-refractivity contribution in [2.24, 2.45) is 0 Å². The lowest BCUT2D eigenvalue weighted by molar-refractivity contribution is 0.0530. The van der Waals surface area contributed by atoms with Crippen LogP contribution in [-0.2, 0) is 0 Å². The van der Waals surface area contributed by atoms with Gasteiger partial charge in [0.15, 0.2) is 0 Å². The Labute approximate surface area is 178 Å². The highest BCUT2D eigenvalue weighted by Gasteiger charge is 2.28. The van der Waals surface area contributed by atoms with Gasteiger partial charge in [-0.2, -0.15) is 0 Å². The van der Waals surface area contributed by atoms with Gasteiger partial charge in [0, 0.05) is 57.0 Å². The quantitative estimate of drug-likeness (QED) is 0.641. The number of carbonyl (C=O) groups excluding carboxylic acids is 2. The van der Waals surface area contributed by atoms with Gasteiger partial charge in [-0.15, -0.1) is 0 Å². The Morgan fingerprint density at radius 2 is 1.67 bits per heavy atom. The topological polar surface area (TPSA) is 80.6 Å². The molecule has 0 bridgehead atoms. The molecule has 0 N–H and O–H groups in total. The fourth-order valence-electron chi connectivity index (χ4n) is 3.43. The average molecular weight is 426 g/mol. The molecule has 154 valence electrons. The maximum atomic E-state index is 13.1. The summed E-state index contributed by atoms with van der Waals surface area (Å²) in [6.45, 7) is 1.65. The molecule has 0 aliphatic carbocycles. The predicted octanol–water partition coefficient (Wildman–Crippen LogP) is 2.53. The fraction of sp³-hybridized carbons (Fsp3) is 0.238. The van der Waals surface area contributed by atoms with Crippen LogP contribution in [0.25, 0.3) is 5.69 Å². The number of piperazine rings is 1. The Morgan fingerprint density at radius 1 is 1.00 bits per heavy atom. The zero-order valence-electron chi connectivity index (χ0n) is 16.4. The summed E-state index contributed by atoms with van der Waals surface area (Å²) in [5.74, 6) is 0.0810. The second-order valence-corrected chi connectivity index (χ2v) is 7.18. The molecule has 30 heavy (non-hydrogen) atoms. The second kappa shape index (κ2) is 8.54. The molecule has 8 nitrogen and oxygen atoms in total. The van der Waals surface area contributed by atoms with E-state index in [9.17, 15) is 9.59 Å². The van der Waals surface area contributed by atoms with Gasteiger partial charge in [-0.3, -0.25) is 14.6 Å². The van der Waals surface area contributed by atoms with Crippen molar-refractivity contribution in [3.05, 3.63) is 71.5 Å². The van der Waals surface area contributed by atoms with Crippen molar-refractivity contribution in [3.63, 3.8) is 0 Å². The summed E-state index contributed by atoms with van der Waals surface area (Å²) < 4.78 is 7.33. The number of benzene rings is 1. The molecule has 3 aromatic rings. The van der Waals surface area contributed by atoms with Crippen molar-refractivity contribution in [3.8, 4) is 11.4 Å². The van der Waals surface area contributed by atoms with E-state index in [1.54, 1.807) is 21.9 Å². The van der Waals surface area contributed by atoms with Gasteiger partial charge in [0.05, 0.1) is 29.6 Å². The molecule has 0 saturated carbocycles. The van der Waals surface area contributed by atoms with Crippen LogP contribution in [0.15, 0.2) is 55.2 Å². The van der Waals surface area contributed by atoms with Crippen LogP contribution >= 0.6 is 11.6 Å². The largest absolute Gasteiger partial charge is 0.496 e. The van der Waals surface area contributed by atoms with Gasteiger partial charge in [0.1, 0.15) is 11.4 Å². The van der Waals surface area contributed by atoms with Crippen LogP contribution < -0.4 is 4.74 Å². The normalized spacial score (nSPS) is 13.9. The van der Waals surface area contributed by atoms with E-state index < -0.39 is 0 Å². The first kappa shape index (κ1) is 19.9. The zero-order chi connectivity index (χ0) is 21.1. The van der Waals surface area contributed by atoms with Gasteiger partial charge in [-0.1, -0.05) is 11.6 Å². The minimum Gasteiger partial charge on any atom is -0.496 e. The lowest BCUT2D eigenvalue weighted by atomic mass is 10.1. The van der Waals surface area contributed by atoms with Gasteiger partial charge < -0.3 is 19.1 Å². The average Bonchev–Trinajstić information content (AvgIpc) is 3.33. The molecule has 0 radical (unpaired) electrons. The second-order valence-electron chi connectivity index (χ2n) is 6.77. The number of methoxy groups -OCH3 is 1. The van der Waals surface area contributed by atoms with Crippen LogP contribution in [0.4, 0.5) is 0 Å². The Bertz CT molecular complexity index is 1050. The third-order valence-electron chi connectivity index (χ3n) is 5.02. The first-order valence-corrected chi connectivity index (χ1v) is 9.81. The van der Waals surface area contributed by atoms with Crippen LogP contribution in [0.5, 0.6) is 5.75 Å². The van der Waals surface area contributed by atoms with Crippen LogP contribution in [-0.4, -0.2) is 69.4 Å². The molecule has 1 aliphatic heterocycles. The van der Waals surface area contributed by atoms with Crippen molar-refractivity contribution in [2.45, 2.75) is 0 Å². The van der Waals surface area contributed by atoms with E-state index in [0.717, 1.165) is 5.69 Å². The van der Waals surface area contributed by atoms with E-state index in [1.807, 2.05) is 29.1 Å². The molecule has 1 saturated heterocycles. The zero-order valence-corrected chi connectivity index (χ0v) is 17.1. The molecule has 2 amide bonds. The van der Waals surface area contributed by atoms with E-state index in [2.05, 4.69) is 9.97 Å². The van der Waals surface area contributed by atoms with E-state index in [4.69, 9.17) is 16.3 Å². The maximum Gasteiger partial charge on any atom is 0.274 e. The van der Waals surface area contributed by atoms with Crippen molar-refractivity contribution >= 4 is 23.4 Å². The summed E-state index contributed by atoms with van der Waals surface area (Å²) in [4.78, 5) is 37.0. The Morgan fingerprint density at radius 3 is 2.27 bits per heavy atom. The summed E-state index contributed by atoms with van der Waals surface area (Å²) in [6, 6.07) is 7.17. The van der Waals surface area contributed by atoms with Gasteiger partial charge in [-0.05, 0) is 18.2 Å². The molecule has 1 aromatic carbocycles. The van der Waals surface area contributed by atoms with Crippen LogP contribution in [0.2, 0.25) is 5.02 Å². The first-order valence-electron chi connectivity index (χ1n) is 9.44. The molecule has 1 aliphatic rings. The van der Waals surface area contributed by atoms with Crippen molar-refractivity contribution < 1.29 is 14.3 Å². The summed E-state index contributed by atoms with van der Waals surface area (Å²) in [5, 5.41) is 0.451. The smallest absolute Gasteiger partial charge is 0.274 e. The number of hydrogen-bond acceptors (Lipinski definition) is 5. The number of hydrogen-bond donors (Lipinski definition) is 0. The van der Waals surface area contributed by atoms with Crippen molar-refractivity contribution in [2.75, 3.05) is 33.3 Å². The number of carbonyl (C=O) groups is 2. The first-order chi connectivity index (χ1) is 14.6. The number of aromatic nitrogens is 3. The van der Waals surface area contributed by atoms with Gasteiger partial charge in [-0.25, -0.2) is 4.98 Å². The van der Waals surface area contributed by atoms with Gasteiger partial charge >= 0.3 is 0 Å². The number of rotatable bonds is 4. The maximum absolute atomic E-state index is 13.1. The highest BCUT2D eigenvalue weighted by atomic mass is 35.5. The summed E-state index contributed by atoms with van der Waals surface area (Å²) >= 11 is 6.45. The molecule has 2 aromatic heterocycles. The number of amides is 2. The lowest BCUT2D eigenvalue weighted by Gasteiger charge is -2.34. The molecule has 3 heterocycles. The Kier molecular flexibility index (Phi) is 5.67. The SMILES string of the molecule is COc1cc(-n2cccc2)c(Cl)cc1C(=O)N1CCN(C(=O)c2cnccn2)CC1.